The molecule has 0 radical (unpaired) electrons. The van der Waals surface area contributed by atoms with E-state index >= 15 is 0 Å². The third-order valence-corrected chi connectivity index (χ3v) is 8.68. The van der Waals surface area contributed by atoms with Gasteiger partial charge in [-0.2, -0.15) is 0 Å². The van der Waals surface area contributed by atoms with Crippen LogP contribution in [-0.4, -0.2) is 26.1 Å². The zero-order valence-electron chi connectivity index (χ0n) is 14.4. The van der Waals surface area contributed by atoms with Gasteiger partial charge in [0.15, 0.2) is 8.32 Å². The Balaban J connectivity index is 5.05. The van der Waals surface area contributed by atoms with Crippen LogP contribution in [0, 0.1) is 11.8 Å². The summed E-state index contributed by atoms with van der Waals surface area (Å²) >= 11 is 0. The van der Waals surface area contributed by atoms with Crippen molar-refractivity contribution in [3.8, 4) is 0 Å². The molecule has 0 bridgehead atoms. The molecule has 2 nitrogen and oxygen atoms in total. The van der Waals surface area contributed by atoms with Gasteiger partial charge in [0.25, 0.3) is 0 Å². The Hall–Kier alpha value is -0.123. The van der Waals surface area contributed by atoms with Gasteiger partial charge in [-0.1, -0.05) is 53.2 Å². The minimum Gasteiger partial charge on any atom is -0.413 e. The third kappa shape index (κ3) is 5.80. The number of hydrogen-bond acceptors (Lipinski definition) is 2. The fourth-order valence-corrected chi connectivity index (χ4v) is 3.48. The van der Waals surface area contributed by atoms with Gasteiger partial charge in [0.1, 0.15) is 0 Å². The highest BCUT2D eigenvalue weighted by molar-refractivity contribution is 6.74. The molecule has 19 heavy (non-hydrogen) atoms. The molecule has 0 rings (SSSR count). The number of aliphatic hydroxyl groups excluding tert-OH is 1. The standard InChI is InChI=1S/C16H34O2Si/c1-12(2)15(14(4)10-13(3)11-17)18-19(8,9)16(5,6)7/h10,12,14-15,17H,11H2,1-9H3/b13-10-/t14-,15-/m0/s1. The first-order valence-electron chi connectivity index (χ1n) is 7.38. The predicted molar refractivity (Wildman–Crippen MR) is 86.9 cm³/mol. The lowest BCUT2D eigenvalue weighted by atomic mass is 9.93. The zero-order chi connectivity index (χ0) is 15.4. The average Bonchev–Trinajstić information content (AvgIpc) is 2.23. The van der Waals surface area contributed by atoms with Crippen LogP contribution in [0.3, 0.4) is 0 Å². The summed E-state index contributed by atoms with van der Waals surface area (Å²) in [6.45, 7) is 20.2. The van der Waals surface area contributed by atoms with Crippen molar-refractivity contribution >= 4 is 8.32 Å². The Bertz CT molecular complexity index is 300. The van der Waals surface area contributed by atoms with Crippen LogP contribution in [0.25, 0.3) is 0 Å². The zero-order valence-corrected chi connectivity index (χ0v) is 15.4. The molecule has 0 saturated heterocycles. The molecular weight excluding hydrogens is 252 g/mol. The monoisotopic (exact) mass is 286 g/mol. The van der Waals surface area contributed by atoms with Gasteiger partial charge in [-0.25, -0.2) is 0 Å². The maximum atomic E-state index is 9.17. The highest BCUT2D eigenvalue weighted by Crippen LogP contribution is 2.39. The molecule has 0 aromatic rings. The molecule has 0 fully saturated rings. The van der Waals surface area contributed by atoms with Crippen LogP contribution in [0.15, 0.2) is 11.6 Å². The number of hydrogen-bond donors (Lipinski definition) is 1. The van der Waals surface area contributed by atoms with Crippen molar-refractivity contribution in [1.82, 2.24) is 0 Å². The lowest BCUT2D eigenvalue weighted by Gasteiger charge is -2.42. The number of rotatable bonds is 6. The van der Waals surface area contributed by atoms with E-state index in [0.717, 1.165) is 5.57 Å². The molecule has 0 aliphatic rings. The van der Waals surface area contributed by atoms with Crippen molar-refractivity contribution in [2.24, 2.45) is 11.8 Å². The first-order chi connectivity index (χ1) is 8.42. The van der Waals surface area contributed by atoms with Crippen LogP contribution >= 0.6 is 0 Å². The van der Waals surface area contributed by atoms with Crippen molar-refractivity contribution in [3.63, 3.8) is 0 Å². The van der Waals surface area contributed by atoms with E-state index in [-0.39, 0.29) is 17.7 Å². The normalized spacial score (nSPS) is 17.7. The van der Waals surface area contributed by atoms with Gasteiger partial charge in [-0.3, -0.25) is 0 Å². The summed E-state index contributed by atoms with van der Waals surface area (Å²) in [6.07, 6.45) is 2.38. The molecule has 0 aliphatic heterocycles. The Morgan fingerprint density at radius 2 is 1.68 bits per heavy atom. The van der Waals surface area contributed by atoms with E-state index in [9.17, 15) is 0 Å². The van der Waals surface area contributed by atoms with E-state index in [0.29, 0.717) is 11.8 Å². The van der Waals surface area contributed by atoms with Gasteiger partial charge in [0.05, 0.1) is 12.7 Å². The lowest BCUT2D eigenvalue weighted by Crippen LogP contribution is -2.46. The van der Waals surface area contributed by atoms with E-state index in [4.69, 9.17) is 9.53 Å². The topological polar surface area (TPSA) is 29.5 Å². The van der Waals surface area contributed by atoms with Crippen LogP contribution in [0.1, 0.15) is 48.5 Å². The Kier molecular flexibility index (Phi) is 7.00. The highest BCUT2D eigenvalue weighted by Gasteiger charge is 2.40. The maximum Gasteiger partial charge on any atom is 0.192 e. The Labute approximate surface area is 121 Å². The number of aliphatic hydroxyl groups is 1. The first-order valence-corrected chi connectivity index (χ1v) is 10.3. The summed E-state index contributed by atoms with van der Waals surface area (Å²) in [5, 5.41) is 9.40. The Morgan fingerprint density at radius 1 is 1.21 bits per heavy atom. The minimum absolute atomic E-state index is 0.134. The summed E-state index contributed by atoms with van der Waals surface area (Å²) in [5.41, 5.74) is 1.02. The van der Waals surface area contributed by atoms with Crippen molar-refractivity contribution in [3.05, 3.63) is 11.6 Å². The molecule has 3 heteroatoms. The Morgan fingerprint density at radius 3 is 2.00 bits per heavy atom. The van der Waals surface area contributed by atoms with E-state index < -0.39 is 8.32 Å². The van der Waals surface area contributed by atoms with Crippen LogP contribution < -0.4 is 0 Å². The van der Waals surface area contributed by atoms with Crippen molar-refractivity contribution in [2.75, 3.05) is 6.61 Å². The van der Waals surface area contributed by atoms with Gasteiger partial charge >= 0.3 is 0 Å². The molecule has 0 aromatic heterocycles. The summed E-state index contributed by atoms with van der Waals surface area (Å²) in [5.74, 6) is 0.813. The molecule has 2 atom stereocenters. The minimum atomic E-state index is -1.75. The van der Waals surface area contributed by atoms with Gasteiger partial charge < -0.3 is 9.53 Å². The molecule has 0 saturated carbocycles. The van der Waals surface area contributed by atoms with Gasteiger partial charge in [0.2, 0.25) is 0 Å². The molecular formula is C16H34O2Si. The molecule has 1 N–H and O–H groups in total. The molecule has 0 amide bonds. The largest absolute Gasteiger partial charge is 0.413 e. The second-order valence-corrected chi connectivity index (χ2v) is 12.4. The highest BCUT2D eigenvalue weighted by atomic mass is 28.4. The van der Waals surface area contributed by atoms with Crippen molar-refractivity contribution < 1.29 is 9.53 Å². The van der Waals surface area contributed by atoms with Crippen LogP contribution in [0.4, 0.5) is 0 Å². The molecule has 0 heterocycles. The first kappa shape index (κ1) is 18.9. The van der Waals surface area contributed by atoms with E-state index in [1.807, 2.05) is 6.92 Å². The van der Waals surface area contributed by atoms with Crippen molar-refractivity contribution in [2.45, 2.75) is 72.7 Å². The molecule has 0 unspecified atom stereocenters. The molecule has 0 aromatic carbocycles. The third-order valence-electron chi connectivity index (χ3n) is 4.21. The maximum absolute atomic E-state index is 9.17. The average molecular weight is 287 g/mol. The summed E-state index contributed by atoms with van der Waals surface area (Å²) in [7, 11) is -1.75. The van der Waals surface area contributed by atoms with Gasteiger partial charge in [-0.05, 0) is 36.9 Å². The van der Waals surface area contributed by atoms with Gasteiger partial charge in [-0.15, -0.1) is 0 Å². The summed E-state index contributed by atoms with van der Waals surface area (Å²) in [4.78, 5) is 0. The van der Waals surface area contributed by atoms with E-state index in [2.05, 4.69) is 60.7 Å². The molecule has 0 spiro atoms. The fourth-order valence-electron chi connectivity index (χ4n) is 1.96. The second kappa shape index (κ2) is 7.05. The summed E-state index contributed by atoms with van der Waals surface area (Å²) in [6, 6.07) is 0. The predicted octanol–water partition coefficient (Wildman–Crippen LogP) is 4.61. The summed E-state index contributed by atoms with van der Waals surface area (Å²) < 4.78 is 6.58. The van der Waals surface area contributed by atoms with Crippen LogP contribution in [0.2, 0.25) is 18.1 Å². The van der Waals surface area contributed by atoms with Crippen LogP contribution in [0.5, 0.6) is 0 Å². The smallest absolute Gasteiger partial charge is 0.192 e. The van der Waals surface area contributed by atoms with Crippen molar-refractivity contribution in [1.29, 1.82) is 0 Å². The van der Waals surface area contributed by atoms with Crippen LogP contribution in [-0.2, 0) is 4.43 Å². The SMILES string of the molecule is C/C(=C/[C@H](C)[C@@H](O[Si](C)(C)C(C)(C)C)C(C)C)CO. The lowest BCUT2D eigenvalue weighted by molar-refractivity contribution is 0.0999. The second-order valence-electron chi connectivity index (χ2n) is 7.62. The van der Waals surface area contributed by atoms with E-state index in [1.165, 1.54) is 0 Å². The van der Waals surface area contributed by atoms with Gasteiger partial charge in [0, 0.05) is 0 Å². The molecule has 114 valence electrons. The fraction of sp³-hybridized carbons (Fsp3) is 0.875. The van der Waals surface area contributed by atoms with E-state index in [1.54, 1.807) is 0 Å². The molecule has 0 aliphatic carbocycles. The quantitative estimate of drug-likeness (QED) is 0.571.